The van der Waals surface area contributed by atoms with Crippen molar-refractivity contribution in [1.29, 1.82) is 0 Å². The van der Waals surface area contributed by atoms with Crippen LogP contribution in [0.15, 0.2) is 53.0 Å². The Hall–Kier alpha value is -2.34. The highest BCUT2D eigenvalue weighted by Crippen LogP contribution is 2.18. The Morgan fingerprint density at radius 1 is 1.11 bits per heavy atom. The third-order valence-electron chi connectivity index (χ3n) is 4.51. The van der Waals surface area contributed by atoms with Crippen molar-refractivity contribution in [3.63, 3.8) is 0 Å². The Kier molecular flexibility index (Phi) is 8.51. The van der Waals surface area contributed by atoms with Gasteiger partial charge in [0.05, 0.1) is 0 Å². The molecule has 0 radical (unpaired) electrons. The maximum atomic E-state index is 13.0. The molecule has 0 aliphatic rings. The first kappa shape index (κ1) is 22.0. The summed E-state index contributed by atoms with van der Waals surface area (Å²) in [5.41, 5.74) is 2.10. The molecule has 1 atom stereocenters. The molecule has 2 aromatic carbocycles. The van der Waals surface area contributed by atoms with Crippen LogP contribution in [-0.4, -0.2) is 35.9 Å². The molecule has 0 bridgehead atoms. The molecule has 0 spiro atoms. The number of carbonyl (C=O) groups excluding carboxylic acids is 2. The monoisotopic (exact) mass is 446 g/mol. The van der Waals surface area contributed by atoms with Crippen molar-refractivity contribution in [2.24, 2.45) is 0 Å². The number of halogens is 1. The molecule has 150 valence electrons. The number of carbonyl (C=O) groups is 2. The third kappa shape index (κ3) is 6.09. The lowest BCUT2D eigenvalue weighted by Gasteiger charge is -2.31. The average molecular weight is 447 g/mol. The lowest BCUT2D eigenvalue weighted by atomic mass is 10.1. The van der Waals surface area contributed by atoms with Gasteiger partial charge in [0.15, 0.2) is 6.61 Å². The van der Waals surface area contributed by atoms with Gasteiger partial charge in [-0.25, -0.2) is 0 Å². The highest BCUT2D eigenvalue weighted by Gasteiger charge is 2.28. The molecule has 6 heteroatoms. The van der Waals surface area contributed by atoms with Crippen LogP contribution in [0.25, 0.3) is 0 Å². The molecule has 0 aliphatic carbocycles. The summed E-state index contributed by atoms with van der Waals surface area (Å²) < 4.78 is 6.60. The van der Waals surface area contributed by atoms with Crippen molar-refractivity contribution in [2.75, 3.05) is 13.2 Å². The number of aryl methyl sites for hydroxylation is 1. The highest BCUT2D eigenvalue weighted by atomic mass is 79.9. The zero-order valence-electron chi connectivity index (χ0n) is 16.6. The SMILES string of the molecule is CCNC(=O)[C@@H](CC)N(Cc1ccccc1C)C(=O)COc1ccc(Br)cc1. The van der Waals surface area contributed by atoms with E-state index >= 15 is 0 Å². The average Bonchev–Trinajstić information content (AvgIpc) is 2.69. The van der Waals surface area contributed by atoms with Gasteiger partial charge in [-0.15, -0.1) is 0 Å². The number of likely N-dealkylation sites (N-methyl/N-ethyl adjacent to an activating group) is 1. The molecule has 0 unspecified atom stereocenters. The third-order valence-corrected chi connectivity index (χ3v) is 5.04. The van der Waals surface area contributed by atoms with E-state index in [1.807, 2.05) is 57.2 Å². The highest BCUT2D eigenvalue weighted by molar-refractivity contribution is 9.10. The number of hydrogen-bond donors (Lipinski definition) is 1. The number of rotatable bonds is 9. The van der Waals surface area contributed by atoms with Crippen LogP contribution >= 0.6 is 15.9 Å². The topological polar surface area (TPSA) is 58.6 Å². The maximum Gasteiger partial charge on any atom is 0.261 e. The van der Waals surface area contributed by atoms with Crippen molar-refractivity contribution in [3.05, 3.63) is 64.1 Å². The fourth-order valence-corrected chi connectivity index (χ4v) is 3.21. The number of amides is 2. The Morgan fingerprint density at radius 3 is 2.39 bits per heavy atom. The molecule has 2 aromatic rings. The molecule has 2 rings (SSSR count). The van der Waals surface area contributed by atoms with Crippen molar-refractivity contribution < 1.29 is 14.3 Å². The molecule has 0 fully saturated rings. The van der Waals surface area contributed by atoms with E-state index in [4.69, 9.17) is 4.74 Å². The van der Waals surface area contributed by atoms with Crippen LogP contribution in [0.1, 0.15) is 31.4 Å². The maximum absolute atomic E-state index is 13.0. The molecule has 2 amide bonds. The quantitative estimate of drug-likeness (QED) is 0.630. The lowest BCUT2D eigenvalue weighted by Crippen LogP contribution is -2.50. The van der Waals surface area contributed by atoms with E-state index in [-0.39, 0.29) is 18.4 Å². The largest absolute Gasteiger partial charge is 0.484 e. The van der Waals surface area contributed by atoms with E-state index in [0.29, 0.717) is 25.3 Å². The van der Waals surface area contributed by atoms with Crippen molar-refractivity contribution in [1.82, 2.24) is 10.2 Å². The van der Waals surface area contributed by atoms with Gasteiger partial charge in [0, 0.05) is 17.6 Å². The van der Waals surface area contributed by atoms with Crippen LogP contribution in [0.4, 0.5) is 0 Å². The van der Waals surface area contributed by atoms with Crippen LogP contribution in [0, 0.1) is 6.92 Å². The van der Waals surface area contributed by atoms with Gasteiger partial charge in [-0.3, -0.25) is 9.59 Å². The number of nitrogens with zero attached hydrogens (tertiary/aromatic N) is 1. The zero-order valence-corrected chi connectivity index (χ0v) is 18.2. The molecule has 0 aromatic heterocycles. The summed E-state index contributed by atoms with van der Waals surface area (Å²) in [6, 6.07) is 14.6. The molecule has 0 saturated carbocycles. The van der Waals surface area contributed by atoms with Crippen molar-refractivity contribution in [2.45, 2.75) is 39.8 Å². The summed E-state index contributed by atoms with van der Waals surface area (Å²) in [5.74, 6) is 0.248. The van der Waals surface area contributed by atoms with Gasteiger partial charge >= 0.3 is 0 Å². The summed E-state index contributed by atoms with van der Waals surface area (Å²) in [5, 5.41) is 2.83. The summed E-state index contributed by atoms with van der Waals surface area (Å²) in [6.07, 6.45) is 0.530. The van der Waals surface area contributed by atoms with E-state index in [0.717, 1.165) is 15.6 Å². The fraction of sp³-hybridized carbons (Fsp3) is 0.364. The van der Waals surface area contributed by atoms with Gasteiger partial charge in [0.1, 0.15) is 11.8 Å². The summed E-state index contributed by atoms with van der Waals surface area (Å²) >= 11 is 3.38. The van der Waals surface area contributed by atoms with Gasteiger partial charge in [0.2, 0.25) is 5.91 Å². The number of ether oxygens (including phenoxy) is 1. The normalized spacial score (nSPS) is 11.6. The predicted molar refractivity (Wildman–Crippen MR) is 114 cm³/mol. The first-order valence-electron chi connectivity index (χ1n) is 9.46. The lowest BCUT2D eigenvalue weighted by molar-refractivity contribution is -0.142. The predicted octanol–water partition coefficient (Wildman–Crippen LogP) is 4.08. The van der Waals surface area contributed by atoms with E-state index < -0.39 is 6.04 Å². The van der Waals surface area contributed by atoms with Gasteiger partial charge in [0.25, 0.3) is 5.91 Å². The molecular formula is C22H27BrN2O3. The molecule has 5 nitrogen and oxygen atoms in total. The Balaban J connectivity index is 2.20. The fourth-order valence-electron chi connectivity index (χ4n) is 2.94. The molecule has 1 N–H and O–H groups in total. The minimum atomic E-state index is -0.541. The summed E-state index contributed by atoms with van der Waals surface area (Å²) in [4.78, 5) is 27.2. The molecule has 28 heavy (non-hydrogen) atoms. The Morgan fingerprint density at radius 2 is 1.79 bits per heavy atom. The second-order valence-electron chi connectivity index (χ2n) is 6.51. The smallest absolute Gasteiger partial charge is 0.261 e. The number of benzene rings is 2. The Labute approximate surface area is 175 Å². The standard InChI is InChI=1S/C22H27BrN2O3/c1-4-20(22(27)24-5-2)25(14-17-9-7-6-8-16(17)3)21(26)15-28-19-12-10-18(23)11-13-19/h6-13,20H,4-5,14-15H2,1-3H3,(H,24,27)/t20-/m1/s1. The van der Waals surface area contributed by atoms with Gasteiger partial charge in [-0.05, 0) is 55.7 Å². The first-order chi connectivity index (χ1) is 13.5. The van der Waals surface area contributed by atoms with Crippen molar-refractivity contribution in [3.8, 4) is 5.75 Å². The molecule has 0 saturated heterocycles. The van der Waals surface area contributed by atoms with Crippen LogP contribution in [0.5, 0.6) is 5.75 Å². The second-order valence-corrected chi connectivity index (χ2v) is 7.43. The summed E-state index contributed by atoms with van der Waals surface area (Å²) in [6.45, 7) is 6.55. The number of nitrogens with one attached hydrogen (secondary N) is 1. The van der Waals surface area contributed by atoms with E-state index in [1.54, 1.807) is 17.0 Å². The molecular weight excluding hydrogens is 420 g/mol. The van der Waals surface area contributed by atoms with Crippen LogP contribution < -0.4 is 10.1 Å². The number of hydrogen-bond acceptors (Lipinski definition) is 3. The van der Waals surface area contributed by atoms with Crippen LogP contribution in [-0.2, 0) is 16.1 Å². The van der Waals surface area contributed by atoms with Gasteiger partial charge in [-0.2, -0.15) is 0 Å². The van der Waals surface area contributed by atoms with Crippen LogP contribution in [0.3, 0.4) is 0 Å². The van der Waals surface area contributed by atoms with Gasteiger partial charge < -0.3 is 15.0 Å². The second kappa shape index (κ2) is 10.9. The van der Waals surface area contributed by atoms with Crippen LogP contribution in [0.2, 0.25) is 0 Å². The molecule has 0 aliphatic heterocycles. The van der Waals surface area contributed by atoms with E-state index in [9.17, 15) is 9.59 Å². The summed E-state index contributed by atoms with van der Waals surface area (Å²) in [7, 11) is 0. The van der Waals surface area contributed by atoms with E-state index in [1.165, 1.54) is 0 Å². The first-order valence-corrected chi connectivity index (χ1v) is 10.3. The van der Waals surface area contributed by atoms with E-state index in [2.05, 4.69) is 21.2 Å². The minimum absolute atomic E-state index is 0.122. The van der Waals surface area contributed by atoms with Gasteiger partial charge in [-0.1, -0.05) is 47.1 Å². The van der Waals surface area contributed by atoms with Crippen molar-refractivity contribution >= 4 is 27.7 Å². The molecule has 0 heterocycles. The minimum Gasteiger partial charge on any atom is -0.484 e. The zero-order chi connectivity index (χ0) is 20.5. The Bertz CT molecular complexity index is 793.